The van der Waals surface area contributed by atoms with Gasteiger partial charge in [0, 0.05) is 25.3 Å². The van der Waals surface area contributed by atoms with Crippen molar-refractivity contribution in [1.82, 2.24) is 0 Å². The summed E-state index contributed by atoms with van der Waals surface area (Å²) in [6.45, 7) is 3.03. The Morgan fingerprint density at radius 3 is 2.83 bits per heavy atom. The molecule has 1 aliphatic rings. The quantitative estimate of drug-likeness (QED) is 0.890. The molecule has 3 nitrogen and oxygen atoms in total. The summed E-state index contributed by atoms with van der Waals surface area (Å²) in [5, 5.41) is 0. The molecule has 2 unspecified atom stereocenters. The van der Waals surface area contributed by atoms with Crippen LogP contribution in [0.25, 0.3) is 0 Å². The third-order valence-corrected chi connectivity index (χ3v) is 4.63. The molecule has 0 radical (unpaired) electrons. The van der Waals surface area contributed by atoms with Crippen LogP contribution in [-0.2, 0) is 0 Å². The first-order chi connectivity index (χ1) is 8.64. The summed E-state index contributed by atoms with van der Waals surface area (Å²) >= 11 is 0. The van der Waals surface area contributed by atoms with Crippen LogP contribution in [0.5, 0.6) is 5.75 Å². The van der Waals surface area contributed by atoms with Crippen LogP contribution in [0.15, 0.2) is 24.3 Å². The first kappa shape index (κ1) is 13.2. The Balaban J connectivity index is 2.31. The molecular formula is C15H24N2O. The van der Waals surface area contributed by atoms with Gasteiger partial charge < -0.3 is 15.4 Å². The lowest BCUT2D eigenvalue weighted by Crippen LogP contribution is -2.54. The van der Waals surface area contributed by atoms with Crippen LogP contribution in [0.3, 0.4) is 0 Å². The Morgan fingerprint density at radius 1 is 1.50 bits per heavy atom. The average Bonchev–Trinajstić information content (AvgIpc) is 2.80. The molecule has 2 atom stereocenters. The van der Waals surface area contributed by atoms with E-state index in [-0.39, 0.29) is 5.54 Å². The van der Waals surface area contributed by atoms with E-state index in [1.165, 1.54) is 24.9 Å². The molecule has 1 fully saturated rings. The predicted molar refractivity (Wildman–Crippen MR) is 76.2 cm³/mol. The van der Waals surface area contributed by atoms with Crippen LogP contribution in [0.1, 0.15) is 26.2 Å². The molecule has 100 valence electrons. The first-order valence-electron chi connectivity index (χ1n) is 6.72. The van der Waals surface area contributed by atoms with Crippen LogP contribution in [-0.4, -0.2) is 26.2 Å². The number of nitrogens with two attached hydrogens (primary N) is 1. The fourth-order valence-electron chi connectivity index (χ4n) is 3.24. The van der Waals surface area contributed by atoms with Crippen molar-refractivity contribution >= 4 is 5.69 Å². The lowest BCUT2D eigenvalue weighted by atomic mass is 9.86. The van der Waals surface area contributed by atoms with Gasteiger partial charge in [-0.2, -0.15) is 0 Å². The Morgan fingerprint density at radius 2 is 2.28 bits per heavy atom. The van der Waals surface area contributed by atoms with Gasteiger partial charge in [0.05, 0.1) is 12.6 Å². The first-order valence-corrected chi connectivity index (χ1v) is 6.72. The zero-order valence-electron chi connectivity index (χ0n) is 11.6. The monoisotopic (exact) mass is 248 g/mol. The molecule has 0 aliphatic heterocycles. The van der Waals surface area contributed by atoms with Gasteiger partial charge in [-0.1, -0.05) is 19.4 Å². The third kappa shape index (κ3) is 2.07. The van der Waals surface area contributed by atoms with E-state index in [9.17, 15) is 0 Å². The fraction of sp³-hybridized carbons (Fsp3) is 0.600. The third-order valence-electron chi connectivity index (χ3n) is 4.63. The lowest BCUT2D eigenvalue weighted by molar-refractivity contribution is 0.331. The van der Waals surface area contributed by atoms with Gasteiger partial charge in [-0.3, -0.25) is 0 Å². The van der Waals surface area contributed by atoms with Crippen molar-refractivity contribution in [1.29, 1.82) is 0 Å². The minimum absolute atomic E-state index is 0.104. The van der Waals surface area contributed by atoms with E-state index >= 15 is 0 Å². The zero-order valence-corrected chi connectivity index (χ0v) is 11.6. The second kappa shape index (κ2) is 5.19. The minimum Gasteiger partial charge on any atom is -0.497 e. The van der Waals surface area contributed by atoms with Crippen molar-refractivity contribution in [3.63, 3.8) is 0 Å². The van der Waals surface area contributed by atoms with Gasteiger partial charge in [0.1, 0.15) is 5.75 Å². The van der Waals surface area contributed by atoms with Gasteiger partial charge in [0.25, 0.3) is 0 Å². The largest absolute Gasteiger partial charge is 0.497 e. The standard InChI is InChI=1S/C15H24N2O/c1-12-6-5-9-15(12,11-16)17(2)13-7-4-8-14(10-13)18-3/h4,7-8,10,12H,5-6,9,11,16H2,1-3H3. The Hall–Kier alpha value is -1.22. The number of nitrogens with zero attached hydrogens (tertiary/aromatic N) is 1. The number of ether oxygens (including phenoxy) is 1. The van der Waals surface area contributed by atoms with Gasteiger partial charge in [0.2, 0.25) is 0 Å². The number of methoxy groups -OCH3 is 1. The smallest absolute Gasteiger partial charge is 0.120 e. The van der Waals surface area contributed by atoms with E-state index in [1.807, 2.05) is 12.1 Å². The zero-order chi connectivity index (χ0) is 13.2. The summed E-state index contributed by atoms with van der Waals surface area (Å²) in [6, 6.07) is 8.23. The number of hydrogen-bond acceptors (Lipinski definition) is 3. The molecule has 1 aromatic rings. The molecule has 1 aromatic carbocycles. The van der Waals surface area contributed by atoms with Crippen molar-refractivity contribution < 1.29 is 4.74 Å². The summed E-state index contributed by atoms with van der Waals surface area (Å²) in [5.41, 5.74) is 7.39. The highest BCUT2D eigenvalue weighted by atomic mass is 16.5. The lowest BCUT2D eigenvalue weighted by Gasteiger charge is -2.43. The number of benzene rings is 1. The molecule has 0 bridgehead atoms. The van der Waals surface area contributed by atoms with Gasteiger partial charge in [-0.05, 0) is 30.9 Å². The van der Waals surface area contributed by atoms with Crippen molar-refractivity contribution in [2.45, 2.75) is 31.7 Å². The number of anilines is 1. The molecule has 0 heterocycles. The minimum atomic E-state index is 0.104. The van der Waals surface area contributed by atoms with Crippen molar-refractivity contribution in [3.8, 4) is 5.75 Å². The molecule has 2 N–H and O–H groups in total. The number of hydrogen-bond donors (Lipinski definition) is 1. The highest BCUT2D eigenvalue weighted by Gasteiger charge is 2.42. The van der Waals surface area contributed by atoms with E-state index in [4.69, 9.17) is 10.5 Å². The average molecular weight is 248 g/mol. The van der Waals surface area contributed by atoms with Gasteiger partial charge in [0.15, 0.2) is 0 Å². The van der Waals surface area contributed by atoms with E-state index < -0.39 is 0 Å². The predicted octanol–water partition coefficient (Wildman–Crippen LogP) is 2.65. The molecule has 0 amide bonds. The van der Waals surface area contributed by atoms with Crippen LogP contribution in [0.2, 0.25) is 0 Å². The molecule has 0 saturated heterocycles. The molecule has 18 heavy (non-hydrogen) atoms. The van der Waals surface area contributed by atoms with E-state index in [0.717, 1.165) is 5.75 Å². The maximum absolute atomic E-state index is 6.10. The summed E-state index contributed by atoms with van der Waals surface area (Å²) in [6.07, 6.45) is 3.72. The van der Waals surface area contributed by atoms with Crippen LogP contribution >= 0.6 is 0 Å². The van der Waals surface area contributed by atoms with E-state index in [1.54, 1.807) is 7.11 Å². The molecular weight excluding hydrogens is 224 g/mol. The topological polar surface area (TPSA) is 38.5 Å². The molecule has 1 aliphatic carbocycles. The number of likely N-dealkylation sites (N-methyl/N-ethyl adjacent to an activating group) is 1. The van der Waals surface area contributed by atoms with Gasteiger partial charge >= 0.3 is 0 Å². The number of rotatable bonds is 4. The Kier molecular flexibility index (Phi) is 3.81. The van der Waals surface area contributed by atoms with Crippen LogP contribution in [0, 0.1) is 5.92 Å². The van der Waals surface area contributed by atoms with Gasteiger partial charge in [-0.25, -0.2) is 0 Å². The fourth-order valence-corrected chi connectivity index (χ4v) is 3.24. The summed E-state index contributed by atoms with van der Waals surface area (Å²) in [5.74, 6) is 1.54. The normalized spacial score (nSPS) is 27.2. The molecule has 3 heteroatoms. The molecule has 0 aromatic heterocycles. The van der Waals surface area contributed by atoms with E-state index in [2.05, 4.69) is 31.0 Å². The van der Waals surface area contributed by atoms with Crippen molar-refractivity contribution in [2.24, 2.45) is 11.7 Å². The molecule has 2 rings (SSSR count). The van der Waals surface area contributed by atoms with Gasteiger partial charge in [-0.15, -0.1) is 0 Å². The highest BCUT2D eigenvalue weighted by molar-refractivity contribution is 5.53. The highest BCUT2D eigenvalue weighted by Crippen LogP contribution is 2.41. The second-order valence-corrected chi connectivity index (χ2v) is 5.36. The molecule has 1 saturated carbocycles. The Bertz CT molecular complexity index is 407. The Labute approximate surface area is 110 Å². The van der Waals surface area contributed by atoms with Crippen LogP contribution in [0.4, 0.5) is 5.69 Å². The SMILES string of the molecule is COc1cccc(N(C)C2(CN)CCCC2C)c1. The maximum atomic E-state index is 6.10. The van der Waals surface area contributed by atoms with Crippen molar-refractivity contribution in [3.05, 3.63) is 24.3 Å². The van der Waals surface area contributed by atoms with E-state index in [0.29, 0.717) is 12.5 Å². The van der Waals surface area contributed by atoms with Crippen molar-refractivity contribution in [2.75, 3.05) is 25.6 Å². The summed E-state index contributed by atoms with van der Waals surface area (Å²) < 4.78 is 5.30. The summed E-state index contributed by atoms with van der Waals surface area (Å²) in [7, 11) is 3.86. The van der Waals surface area contributed by atoms with Crippen LogP contribution < -0.4 is 15.4 Å². The second-order valence-electron chi connectivity index (χ2n) is 5.36. The molecule has 0 spiro atoms. The summed E-state index contributed by atoms with van der Waals surface area (Å²) in [4.78, 5) is 2.35. The maximum Gasteiger partial charge on any atom is 0.120 e.